The number of carbonyl (C=O) groups excluding carboxylic acids is 1. The van der Waals surface area contributed by atoms with Crippen LogP contribution in [0.1, 0.15) is 39.5 Å². The molecule has 1 N–H and O–H groups in total. The topological polar surface area (TPSA) is 78.8 Å². The van der Waals surface area contributed by atoms with Gasteiger partial charge < -0.3 is 0 Å². The average molecular weight is 566 g/mol. The number of sulfonamides is 1. The van der Waals surface area contributed by atoms with E-state index in [0.29, 0.717) is 5.56 Å². The van der Waals surface area contributed by atoms with Gasteiger partial charge in [0, 0.05) is 18.7 Å². The van der Waals surface area contributed by atoms with Crippen molar-refractivity contribution in [3.05, 3.63) is 137 Å². The van der Waals surface area contributed by atoms with Crippen molar-refractivity contribution in [3.8, 4) is 0 Å². The quantitative estimate of drug-likeness (QED) is 0.193. The molecule has 40 heavy (non-hydrogen) atoms. The van der Waals surface area contributed by atoms with Gasteiger partial charge in [0.05, 0.1) is 16.2 Å². The molecule has 0 aliphatic carbocycles. The largest absolute Gasteiger partial charge is 0.416 e. The van der Waals surface area contributed by atoms with Gasteiger partial charge in [-0.2, -0.15) is 22.6 Å². The highest BCUT2D eigenvalue weighted by molar-refractivity contribution is 7.89. The van der Waals surface area contributed by atoms with E-state index in [0.717, 1.165) is 17.7 Å². The summed E-state index contributed by atoms with van der Waals surface area (Å²) in [6.45, 7) is 1.72. The molecule has 0 aromatic heterocycles. The Morgan fingerprint density at radius 1 is 0.775 bits per heavy atom. The van der Waals surface area contributed by atoms with E-state index >= 15 is 0 Å². The van der Waals surface area contributed by atoms with Crippen molar-refractivity contribution in [2.75, 3.05) is 0 Å². The SMILES string of the molecule is C/C(=N\NC(=O)c1ccc(CN(Cc2ccccc2)S(=O)(=O)c2ccccc2)cc1)c1cccc(C(F)(F)F)c1. The molecule has 206 valence electrons. The summed E-state index contributed by atoms with van der Waals surface area (Å²) >= 11 is 0. The molecule has 0 saturated carbocycles. The van der Waals surface area contributed by atoms with Gasteiger partial charge in [-0.1, -0.05) is 72.8 Å². The Morgan fingerprint density at radius 2 is 1.35 bits per heavy atom. The number of alkyl halides is 3. The van der Waals surface area contributed by atoms with Crippen LogP contribution >= 0.6 is 0 Å². The van der Waals surface area contributed by atoms with E-state index in [-0.39, 0.29) is 34.8 Å². The highest BCUT2D eigenvalue weighted by Crippen LogP contribution is 2.29. The summed E-state index contributed by atoms with van der Waals surface area (Å²) in [5.41, 5.74) is 3.72. The van der Waals surface area contributed by atoms with Crippen LogP contribution in [-0.2, 0) is 29.3 Å². The molecule has 0 aliphatic rings. The van der Waals surface area contributed by atoms with Crippen molar-refractivity contribution >= 4 is 21.6 Å². The number of rotatable bonds is 9. The first-order chi connectivity index (χ1) is 19.0. The Morgan fingerprint density at radius 3 is 1.95 bits per heavy atom. The minimum absolute atomic E-state index is 0.0703. The van der Waals surface area contributed by atoms with E-state index in [4.69, 9.17) is 0 Å². The van der Waals surface area contributed by atoms with E-state index in [1.165, 1.54) is 35.5 Å². The number of amides is 1. The Labute approximate surface area is 230 Å². The van der Waals surface area contributed by atoms with Gasteiger partial charge in [-0.15, -0.1) is 0 Å². The first-order valence-electron chi connectivity index (χ1n) is 12.2. The van der Waals surface area contributed by atoms with Crippen molar-refractivity contribution < 1.29 is 26.4 Å². The number of hydrogen-bond acceptors (Lipinski definition) is 4. The van der Waals surface area contributed by atoms with Gasteiger partial charge in [0.2, 0.25) is 10.0 Å². The van der Waals surface area contributed by atoms with Crippen LogP contribution < -0.4 is 5.43 Å². The lowest BCUT2D eigenvalue weighted by Gasteiger charge is -2.22. The molecule has 4 aromatic carbocycles. The highest BCUT2D eigenvalue weighted by atomic mass is 32.2. The second-order valence-electron chi connectivity index (χ2n) is 8.99. The Balaban J connectivity index is 1.49. The van der Waals surface area contributed by atoms with Gasteiger partial charge in [0.1, 0.15) is 0 Å². The van der Waals surface area contributed by atoms with Crippen LogP contribution in [0.15, 0.2) is 119 Å². The molecule has 0 heterocycles. The molecule has 4 aromatic rings. The number of halogens is 3. The fraction of sp³-hybridized carbons (Fsp3) is 0.133. The van der Waals surface area contributed by atoms with Crippen molar-refractivity contribution in [1.29, 1.82) is 0 Å². The second kappa shape index (κ2) is 12.3. The Hall–Kier alpha value is -4.28. The molecule has 0 radical (unpaired) electrons. The minimum Gasteiger partial charge on any atom is -0.267 e. The van der Waals surface area contributed by atoms with Crippen LogP contribution in [0.2, 0.25) is 0 Å². The van der Waals surface area contributed by atoms with Crippen LogP contribution in [0.4, 0.5) is 13.2 Å². The van der Waals surface area contributed by atoms with Gasteiger partial charge >= 0.3 is 6.18 Å². The molecule has 0 aliphatic heterocycles. The van der Waals surface area contributed by atoms with Crippen molar-refractivity contribution in [2.45, 2.75) is 31.1 Å². The van der Waals surface area contributed by atoms with E-state index in [1.807, 2.05) is 30.3 Å². The molecule has 4 rings (SSSR count). The normalized spacial score (nSPS) is 12.4. The van der Waals surface area contributed by atoms with Gasteiger partial charge in [-0.3, -0.25) is 4.79 Å². The summed E-state index contributed by atoms with van der Waals surface area (Å²) in [5.74, 6) is -0.559. The molecule has 1 amide bonds. The van der Waals surface area contributed by atoms with Gasteiger partial charge in [0.15, 0.2) is 0 Å². The van der Waals surface area contributed by atoms with Crippen molar-refractivity contribution in [3.63, 3.8) is 0 Å². The maximum atomic E-state index is 13.4. The fourth-order valence-corrected chi connectivity index (χ4v) is 5.34. The zero-order valence-corrected chi connectivity index (χ0v) is 22.3. The molecular formula is C30H26F3N3O3S. The maximum absolute atomic E-state index is 13.4. The minimum atomic E-state index is -4.49. The average Bonchev–Trinajstić information content (AvgIpc) is 2.96. The molecule has 6 nitrogen and oxygen atoms in total. The molecule has 0 atom stereocenters. The van der Waals surface area contributed by atoms with E-state index in [9.17, 15) is 26.4 Å². The highest BCUT2D eigenvalue weighted by Gasteiger charge is 2.30. The number of benzene rings is 4. The summed E-state index contributed by atoms with van der Waals surface area (Å²) in [4.78, 5) is 12.8. The zero-order chi connectivity index (χ0) is 28.8. The fourth-order valence-electron chi connectivity index (χ4n) is 3.90. The van der Waals surface area contributed by atoms with Crippen LogP contribution in [0.3, 0.4) is 0 Å². The van der Waals surface area contributed by atoms with E-state index < -0.39 is 27.7 Å². The summed E-state index contributed by atoms with van der Waals surface area (Å²) < 4.78 is 67.2. The third-order valence-electron chi connectivity index (χ3n) is 6.09. The summed E-state index contributed by atoms with van der Waals surface area (Å²) in [6, 6.07) is 28.4. The maximum Gasteiger partial charge on any atom is 0.416 e. The van der Waals surface area contributed by atoms with Crippen molar-refractivity contribution in [2.24, 2.45) is 5.10 Å². The molecule has 0 bridgehead atoms. The van der Waals surface area contributed by atoms with E-state index in [1.54, 1.807) is 42.5 Å². The van der Waals surface area contributed by atoms with Crippen LogP contribution in [0.5, 0.6) is 0 Å². The molecule has 0 saturated heterocycles. The number of nitrogens with one attached hydrogen (secondary N) is 1. The van der Waals surface area contributed by atoms with Crippen LogP contribution in [0.25, 0.3) is 0 Å². The lowest BCUT2D eigenvalue weighted by atomic mass is 10.1. The van der Waals surface area contributed by atoms with Crippen LogP contribution in [0, 0.1) is 0 Å². The van der Waals surface area contributed by atoms with E-state index in [2.05, 4.69) is 10.5 Å². The first kappa shape index (κ1) is 28.7. The predicted octanol–water partition coefficient (Wildman–Crippen LogP) is 6.25. The predicted molar refractivity (Wildman–Crippen MR) is 147 cm³/mol. The molecular weight excluding hydrogens is 539 g/mol. The third-order valence-corrected chi connectivity index (χ3v) is 7.90. The number of hydrazone groups is 1. The molecule has 0 unspecified atom stereocenters. The van der Waals surface area contributed by atoms with Crippen LogP contribution in [-0.4, -0.2) is 24.3 Å². The van der Waals surface area contributed by atoms with Gasteiger partial charge in [-0.05, 0) is 60.0 Å². The third kappa shape index (κ3) is 7.22. The Kier molecular flexibility index (Phi) is 8.81. The van der Waals surface area contributed by atoms with Gasteiger partial charge in [0.25, 0.3) is 5.91 Å². The smallest absolute Gasteiger partial charge is 0.267 e. The summed E-state index contributed by atoms with van der Waals surface area (Å²) in [7, 11) is -3.81. The summed E-state index contributed by atoms with van der Waals surface area (Å²) in [5, 5.41) is 3.94. The molecule has 0 fully saturated rings. The number of hydrogen-bond donors (Lipinski definition) is 1. The standard InChI is InChI=1S/C30H26F3N3O3S/c1-22(26-11-8-12-27(19-26)30(31,32)33)34-35-29(37)25-17-15-24(16-18-25)21-36(20-23-9-4-2-5-10-23)40(38,39)28-13-6-3-7-14-28/h2-19H,20-21H2,1H3,(H,35,37)/b34-22+. The summed E-state index contributed by atoms with van der Waals surface area (Å²) in [6.07, 6.45) is -4.49. The number of carbonyl (C=O) groups is 1. The zero-order valence-electron chi connectivity index (χ0n) is 21.5. The second-order valence-corrected chi connectivity index (χ2v) is 10.9. The monoisotopic (exact) mass is 565 g/mol. The first-order valence-corrected chi connectivity index (χ1v) is 13.7. The lowest BCUT2D eigenvalue weighted by molar-refractivity contribution is -0.137. The van der Waals surface area contributed by atoms with Crippen molar-refractivity contribution in [1.82, 2.24) is 9.73 Å². The Bertz CT molecular complexity index is 1590. The lowest BCUT2D eigenvalue weighted by Crippen LogP contribution is -2.30. The van der Waals surface area contributed by atoms with Gasteiger partial charge in [-0.25, -0.2) is 13.8 Å². The molecule has 0 spiro atoms. The molecule has 10 heteroatoms. The number of nitrogens with zero attached hydrogens (tertiary/aromatic N) is 2.